The van der Waals surface area contributed by atoms with Crippen molar-refractivity contribution in [2.45, 2.75) is 63.5 Å². The number of hydrogen-bond donors (Lipinski definition) is 2. The Morgan fingerprint density at radius 2 is 2.11 bits per heavy atom. The summed E-state index contributed by atoms with van der Waals surface area (Å²) in [6.07, 6.45) is 2.77. The zero-order chi connectivity index (χ0) is 20.0. The molecule has 1 unspecified atom stereocenters. The maximum atomic E-state index is 13.2. The molecule has 1 amide bonds. The SMILES string of the molecule is Cc1cc(S(=O)(=O)N2CCCCC2CNC(=O)CCN)ccc1OC(C)C. The minimum Gasteiger partial charge on any atom is -0.491 e. The monoisotopic (exact) mass is 397 g/mol. The molecular formula is C19H31N3O4S. The Labute approximate surface area is 162 Å². The van der Waals surface area contributed by atoms with E-state index in [9.17, 15) is 13.2 Å². The lowest BCUT2D eigenvalue weighted by molar-refractivity contribution is -0.121. The van der Waals surface area contributed by atoms with Gasteiger partial charge in [0.2, 0.25) is 15.9 Å². The lowest BCUT2D eigenvalue weighted by atomic mass is 10.1. The number of amides is 1. The number of aryl methyl sites for hydroxylation is 1. The number of benzene rings is 1. The highest BCUT2D eigenvalue weighted by Gasteiger charge is 2.33. The third-order valence-corrected chi connectivity index (χ3v) is 6.54. The molecule has 0 radical (unpaired) electrons. The predicted molar refractivity (Wildman–Crippen MR) is 105 cm³/mol. The lowest BCUT2D eigenvalue weighted by Crippen LogP contribution is -2.49. The number of sulfonamides is 1. The first kappa shape index (κ1) is 21.7. The highest BCUT2D eigenvalue weighted by molar-refractivity contribution is 7.89. The summed E-state index contributed by atoms with van der Waals surface area (Å²) >= 11 is 0. The molecule has 1 aliphatic heterocycles. The van der Waals surface area contributed by atoms with Gasteiger partial charge in [-0.15, -0.1) is 0 Å². The molecule has 0 spiro atoms. The average molecular weight is 398 g/mol. The molecule has 7 nitrogen and oxygen atoms in total. The molecule has 1 aromatic rings. The number of nitrogens with zero attached hydrogens (tertiary/aromatic N) is 1. The topological polar surface area (TPSA) is 102 Å². The summed E-state index contributed by atoms with van der Waals surface area (Å²) in [6.45, 7) is 6.76. The van der Waals surface area contributed by atoms with Crippen molar-refractivity contribution in [3.63, 3.8) is 0 Å². The summed E-state index contributed by atoms with van der Waals surface area (Å²) in [5, 5.41) is 2.80. The molecule has 3 N–H and O–H groups in total. The number of ether oxygens (including phenoxy) is 1. The maximum Gasteiger partial charge on any atom is 0.243 e. The van der Waals surface area contributed by atoms with Crippen molar-refractivity contribution in [1.29, 1.82) is 0 Å². The van der Waals surface area contributed by atoms with Crippen LogP contribution in [0.25, 0.3) is 0 Å². The van der Waals surface area contributed by atoms with Crippen molar-refractivity contribution in [2.75, 3.05) is 19.6 Å². The Morgan fingerprint density at radius 1 is 1.37 bits per heavy atom. The number of rotatable bonds is 8. The summed E-state index contributed by atoms with van der Waals surface area (Å²) in [7, 11) is -3.64. The fourth-order valence-electron chi connectivity index (χ4n) is 3.25. The van der Waals surface area contributed by atoms with Crippen LogP contribution in [0.3, 0.4) is 0 Å². The van der Waals surface area contributed by atoms with Crippen molar-refractivity contribution in [1.82, 2.24) is 9.62 Å². The van der Waals surface area contributed by atoms with Crippen LogP contribution in [0.2, 0.25) is 0 Å². The molecule has 8 heteroatoms. The Hall–Kier alpha value is -1.64. The van der Waals surface area contributed by atoms with Gasteiger partial charge in [-0.25, -0.2) is 8.42 Å². The van der Waals surface area contributed by atoms with E-state index in [1.807, 2.05) is 20.8 Å². The second-order valence-corrected chi connectivity index (χ2v) is 9.09. The number of carbonyl (C=O) groups is 1. The van der Waals surface area contributed by atoms with Crippen LogP contribution in [-0.4, -0.2) is 50.4 Å². The third-order valence-electron chi connectivity index (χ3n) is 4.60. The van der Waals surface area contributed by atoms with Crippen molar-refractivity contribution in [3.05, 3.63) is 23.8 Å². The molecule has 27 heavy (non-hydrogen) atoms. The number of hydrogen-bond acceptors (Lipinski definition) is 5. The molecule has 1 heterocycles. The Kier molecular flexibility index (Phi) is 7.64. The Balaban J connectivity index is 2.19. The van der Waals surface area contributed by atoms with Crippen molar-refractivity contribution >= 4 is 15.9 Å². The largest absolute Gasteiger partial charge is 0.491 e. The minimum atomic E-state index is -3.64. The van der Waals surface area contributed by atoms with Gasteiger partial charge in [0.05, 0.1) is 11.0 Å². The van der Waals surface area contributed by atoms with E-state index in [-0.39, 0.29) is 35.9 Å². The van der Waals surface area contributed by atoms with Gasteiger partial charge in [0.25, 0.3) is 0 Å². The van der Waals surface area contributed by atoms with Crippen LogP contribution in [0, 0.1) is 6.92 Å². The second kappa shape index (κ2) is 9.52. The van der Waals surface area contributed by atoms with Crippen LogP contribution in [0.15, 0.2) is 23.1 Å². The molecular weight excluding hydrogens is 366 g/mol. The quantitative estimate of drug-likeness (QED) is 0.696. The molecule has 1 aromatic carbocycles. The second-order valence-electron chi connectivity index (χ2n) is 7.20. The van der Waals surface area contributed by atoms with Crippen LogP contribution in [0.4, 0.5) is 0 Å². The highest BCUT2D eigenvalue weighted by Crippen LogP contribution is 2.28. The fourth-order valence-corrected chi connectivity index (χ4v) is 5.03. The highest BCUT2D eigenvalue weighted by atomic mass is 32.2. The van der Waals surface area contributed by atoms with Gasteiger partial charge in [-0.05, 0) is 57.4 Å². The first-order valence-corrected chi connectivity index (χ1v) is 11.0. The van der Waals surface area contributed by atoms with Crippen molar-refractivity contribution in [3.8, 4) is 5.75 Å². The zero-order valence-corrected chi connectivity index (χ0v) is 17.2. The van der Waals surface area contributed by atoms with E-state index >= 15 is 0 Å². The maximum absolute atomic E-state index is 13.2. The number of carbonyl (C=O) groups excluding carboxylic acids is 1. The first-order chi connectivity index (χ1) is 12.8. The molecule has 0 aliphatic carbocycles. The van der Waals surface area contributed by atoms with Crippen molar-refractivity contribution in [2.24, 2.45) is 5.73 Å². The molecule has 1 aliphatic rings. The predicted octanol–water partition coefficient (Wildman–Crippen LogP) is 1.79. The normalized spacial score (nSPS) is 18.5. The molecule has 1 atom stereocenters. The van der Waals surface area contributed by atoms with Crippen molar-refractivity contribution < 1.29 is 17.9 Å². The van der Waals surface area contributed by atoms with E-state index in [0.717, 1.165) is 24.8 Å². The van der Waals surface area contributed by atoms with Crippen LogP contribution < -0.4 is 15.8 Å². The summed E-state index contributed by atoms with van der Waals surface area (Å²) in [6, 6.07) is 4.73. The summed E-state index contributed by atoms with van der Waals surface area (Å²) in [5.41, 5.74) is 6.18. The van der Waals surface area contributed by atoms with Crippen LogP contribution in [0.1, 0.15) is 45.1 Å². The molecule has 0 saturated carbocycles. The first-order valence-electron chi connectivity index (χ1n) is 9.51. The van der Waals surface area contributed by atoms with E-state index in [0.29, 0.717) is 18.8 Å². The molecule has 0 aromatic heterocycles. The van der Waals surface area contributed by atoms with Crippen LogP contribution in [-0.2, 0) is 14.8 Å². The molecule has 2 rings (SSSR count). The van der Waals surface area contributed by atoms with E-state index in [1.54, 1.807) is 18.2 Å². The van der Waals surface area contributed by atoms with Gasteiger partial charge in [-0.3, -0.25) is 4.79 Å². The zero-order valence-electron chi connectivity index (χ0n) is 16.4. The standard InChI is InChI=1S/C19H31N3O4S/c1-14(2)26-18-8-7-17(12-15(18)3)27(24,25)22-11-5-4-6-16(22)13-21-19(23)9-10-20/h7-8,12,14,16H,4-6,9-11,13,20H2,1-3H3,(H,21,23). The smallest absolute Gasteiger partial charge is 0.243 e. The average Bonchev–Trinajstić information content (AvgIpc) is 2.61. The number of nitrogens with two attached hydrogens (primary N) is 1. The van der Waals surface area contributed by atoms with E-state index < -0.39 is 10.0 Å². The fraction of sp³-hybridized carbons (Fsp3) is 0.632. The third kappa shape index (κ3) is 5.67. The lowest BCUT2D eigenvalue weighted by Gasteiger charge is -2.35. The number of piperidine rings is 1. The Bertz CT molecular complexity index is 749. The molecule has 152 valence electrons. The van der Waals surface area contributed by atoms with Gasteiger partial charge in [0.1, 0.15) is 5.75 Å². The molecule has 1 saturated heterocycles. The van der Waals surface area contributed by atoms with Gasteiger partial charge in [-0.1, -0.05) is 6.42 Å². The molecule has 1 fully saturated rings. The van der Waals surface area contributed by atoms with Gasteiger partial charge >= 0.3 is 0 Å². The molecule has 0 bridgehead atoms. The van der Waals surface area contributed by atoms with Crippen LogP contribution in [0.5, 0.6) is 5.75 Å². The summed E-state index contributed by atoms with van der Waals surface area (Å²) in [5.74, 6) is 0.541. The number of nitrogens with one attached hydrogen (secondary N) is 1. The van der Waals surface area contributed by atoms with Gasteiger partial charge in [0, 0.05) is 32.1 Å². The van der Waals surface area contributed by atoms with E-state index in [4.69, 9.17) is 10.5 Å². The Morgan fingerprint density at radius 3 is 2.74 bits per heavy atom. The summed E-state index contributed by atoms with van der Waals surface area (Å²) in [4.78, 5) is 12.0. The van der Waals surface area contributed by atoms with E-state index in [1.165, 1.54) is 4.31 Å². The van der Waals surface area contributed by atoms with Gasteiger partial charge < -0.3 is 15.8 Å². The van der Waals surface area contributed by atoms with Crippen LogP contribution >= 0.6 is 0 Å². The minimum absolute atomic E-state index is 0.0229. The van der Waals surface area contributed by atoms with E-state index in [2.05, 4.69) is 5.32 Å². The van der Waals surface area contributed by atoms with Gasteiger partial charge in [0.15, 0.2) is 0 Å². The van der Waals surface area contributed by atoms with Gasteiger partial charge in [-0.2, -0.15) is 4.31 Å². The summed E-state index contributed by atoms with van der Waals surface area (Å²) < 4.78 is 33.6.